The number of amides is 2. The summed E-state index contributed by atoms with van der Waals surface area (Å²) in [6, 6.07) is 13.9. The third kappa shape index (κ3) is 3.08. The molecule has 0 aromatic heterocycles. The SMILES string of the molecule is CC(CCN)N(C)C(=O)Nc1cccc2ccccc12. The van der Waals surface area contributed by atoms with Crippen LogP contribution in [-0.4, -0.2) is 30.6 Å². The summed E-state index contributed by atoms with van der Waals surface area (Å²) in [4.78, 5) is 13.9. The number of fused-ring (bicyclic) bond motifs is 1. The van der Waals surface area contributed by atoms with E-state index in [4.69, 9.17) is 5.73 Å². The van der Waals surface area contributed by atoms with Gasteiger partial charge in [-0.05, 0) is 31.3 Å². The molecule has 106 valence electrons. The molecule has 2 amide bonds. The Bertz CT molecular complexity index is 592. The van der Waals surface area contributed by atoms with Crippen molar-refractivity contribution in [3.63, 3.8) is 0 Å². The second-order valence-electron chi connectivity index (χ2n) is 4.99. The first kappa shape index (κ1) is 14.3. The molecular formula is C16H21N3O. The lowest BCUT2D eigenvalue weighted by atomic mass is 10.1. The standard InChI is InChI=1S/C16H21N3O/c1-12(10-11-17)19(2)16(20)18-15-9-5-7-13-6-3-4-8-14(13)15/h3-9,12H,10-11,17H2,1-2H3,(H,18,20). The van der Waals surface area contributed by atoms with Crippen LogP contribution in [0.5, 0.6) is 0 Å². The number of urea groups is 1. The molecule has 2 aromatic carbocycles. The van der Waals surface area contributed by atoms with Crippen LogP contribution in [0.1, 0.15) is 13.3 Å². The van der Waals surface area contributed by atoms with Crippen LogP contribution in [0.25, 0.3) is 10.8 Å². The molecule has 0 bridgehead atoms. The van der Waals surface area contributed by atoms with Gasteiger partial charge in [0.2, 0.25) is 0 Å². The summed E-state index contributed by atoms with van der Waals surface area (Å²) in [5.41, 5.74) is 6.37. The fraction of sp³-hybridized carbons (Fsp3) is 0.312. The number of rotatable bonds is 4. The Labute approximate surface area is 119 Å². The van der Waals surface area contributed by atoms with Crippen molar-refractivity contribution in [3.8, 4) is 0 Å². The molecular weight excluding hydrogens is 250 g/mol. The number of carbonyl (C=O) groups excluding carboxylic acids is 1. The minimum atomic E-state index is -0.109. The Hall–Kier alpha value is -2.07. The summed E-state index contributed by atoms with van der Waals surface area (Å²) < 4.78 is 0. The fourth-order valence-corrected chi connectivity index (χ4v) is 2.17. The van der Waals surface area contributed by atoms with Crippen LogP contribution >= 0.6 is 0 Å². The molecule has 1 unspecified atom stereocenters. The summed E-state index contributed by atoms with van der Waals surface area (Å²) in [7, 11) is 1.79. The van der Waals surface area contributed by atoms with Crippen LogP contribution in [0.4, 0.5) is 10.5 Å². The van der Waals surface area contributed by atoms with Crippen LogP contribution in [0, 0.1) is 0 Å². The molecule has 0 aliphatic carbocycles. The van der Waals surface area contributed by atoms with Crippen molar-refractivity contribution in [2.24, 2.45) is 5.73 Å². The van der Waals surface area contributed by atoms with Gasteiger partial charge in [-0.15, -0.1) is 0 Å². The van der Waals surface area contributed by atoms with Gasteiger partial charge in [0, 0.05) is 18.5 Å². The molecule has 1 atom stereocenters. The molecule has 0 saturated heterocycles. The van der Waals surface area contributed by atoms with Gasteiger partial charge < -0.3 is 16.0 Å². The first-order valence-electron chi connectivity index (χ1n) is 6.85. The largest absolute Gasteiger partial charge is 0.330 e. The summed E-state index contributed by atoms with van der Waals surface area (Å²) in [5.74, 6) is 0. The van der Waals surface area contributed by atoms with Crippen molar-refractivity contribution in [1.82, 2.24) is 4.90 Å². The van der Waals surface area contributed by atoms with Crippen LogP contribution in [0.3, 0.4) is 0 Å². The molecule has 0 radical (unpaired) electrons. The Morgan fingerprint density at radius 2 is 1.95 bits per heavy atom. The Morgan fingerprint density at radius 1 is 1.25 bits per heavy atom. The maximum atomic E-state index is 12.2. The molecule has 4 heteroatoms. The molecule has 0 saturated carbocycles. The Balaban J connectivity index is 2.18. The highest BCUT2D eigenvalue weighted by Crippen LogP contribution is 2.23. The monoisotopic (exact) mass is 271 g/mol. The highest BCUT2D eigenvalue weighted by atomic mass is 16.2. The number of hydrogen-bond donors (Lipinski definition) is 2. The van der Waals surface area contributed by atoms with Gasteiger partial charge in [0.15, 0.2) is 0 Å². The lowest BCUT2D eigenvalue weighted by molar-refractivity contribution is 0.206. The first-order chi connectivity index (χ1) is 9.63. The lowest BCUT2D eigenvalue weighted by Gasteiger charge is -2.25. The zero-order chi connectivity index (χ0) is 14.5. The predicted octanol–water partition coefficient (Wildman–Crippen LogP) is 3.04. The van der Waals surface area contributed by atoms with Gasteiger partial charge in [-0.3, -0.25) is 0 Å². The van der Waals surface area contributed by atoms with Crippen LogP contribution in [-0.2, 0) is 0 Å². The van der Waals surface area contributed by atoms with Crippen molar-refractivity contribution < 1.29 is 4.79 Å². The van der Waals surface area contributed by atoms with Crippen molar-refractivity contribution >= 4 is 22.5 Å². The van der Waals surface area contributed by atoms with Gasteiger partial charge in [-0.1, -0.05) is 36.4 Å². The number of nitrogens with zero attached hydrogens (tertiary/aromatic N) is 1. The average molecular weight is 271 g/mol. The van der Waals surface area contributed by atoms with E-state index in [0.29, 0.717) is 6.54 Å². The quantitative estimate of drug-likeness (QED) is 0.898. The van der Waals surface area contributed by atoms with Gasteiger partial charge in [0.05, 0.1) is 5.69 Å². The normalized spacial score (nSPS) is 12.2. The first-order valence-corrected chi connectivity index (χ1v) is 6.85. The summed E-state index contributed by atoms with van der Waals surface area (Å²) in [6.07, 6.45) is 0.791. The molecule has 0 fully saturated rings. The fourth-order valence-electron chi connectivity index (χ4n) is 2.17. The minimum absolute atomic E-state index is 0.109. The molecule has 3 N–H and O–H groups in total. The topological polar surface area (TPSA) is 58.4 Å². The smallest absolute Gasteiger partial charge is 0.321 e. The predicted molar refractivity (Wildman–Crippen MR) is 83.9 cm³/mol. The van der Waals surface area contributed by atoms with E-state index in [-0.39, 0.29) is 12.1 Å². The van der Waals surface area contributed by atoms with Gasteiger partial charge in [0.25, 0.3) is 0 Å². The second-order valence-corrected chi connectivity index (χ2v) is 4.99. The number of carbonyl (C=O) groups is 1. The van der Waals surface area contributed by atoms with Gasteiger partial charge in [0.1, 0.15) is 0 Å². The van der Waals surface area contributed by atoms with Gasteiger partial charge >= 0.3 is 6.03 Å². The number of nitrogens with two attached hydrogens (primary N) is 1. The second kappa shape index (κ2) is 6.39. The third-order valence-electron chi connectivity index (χ3n) is 3.60. The van der Waals surface area contributed by atoms with Crippen molar-refractivity contribution in [3.05, 3.63) is 42.5 Å². The molecule has 2 rings (SSSR count). The molecule has 0 spiro atoms. The molecule has 0 aliphatic rings. The zero-order valence-corrected chi connectivity index (χ0v) is 12.0. The van der Waals surface area contributed by atoms with Crippen molar-refractivity contribution in [2.45, 2.75) is 19.4 Å². The van der Waals surface area contributed by atoms with E-state index in [2.05, 4.69) is 5.32 Å². The Kier molecular flexibility index (Phi) is 4.58. The van der Waals surface area contributed by atoms with E-state index < -0.39 is 0 Å². The number of anilines is 1. The maximum Gasteiger partial charge on any atom is 0.321 e. The highest BCUT2D eigenvalue weighted by Gasteiger charge is 2.15. The molecule has 4 nitrogen and oxygen atoms in total. The maximum absolute atomic E-state index is 12.2. The average Bonchev–Trinajstić information content (AvgIpc) is 2.47. The van der Waals surface area contributed by atoms with Crippen LogP contribution in [0.2, 0.25) is 0 Å². The van der Waals surface area contributed by atoms with Crippen molar-refractivity contribution in [2.75, 3.05) is 18.9 Å². The van der Waals surface area contributed by atoms with E-state index in [1.54, 1.807) is 11.9 Å². The van der Waals surface area contributed by atoms with E-state index in [0.717, 1.165) is 22.9 Å². The Morgan fingerprint density at radius 3 is 2.70 bits per heavy atom. The summed E-state index contributed by atoms with van der Waals surface area (Å²) >= 11 is 0. The van der Waals surface area contributed by atoms with E-state index in [1.807, 2.05) is 49.4 Å². The number of nitrogens with one attached hydrogen (secondary N) is 1. The van der Waals surface area contributed by atoms with E-state index in [1.165, 1.54) is 0 Å². The molecule has 2 aromatic rings. The highest BCUT2D eigenvalue weighted by molar-refractivity contribution is 6.01. The van der Waals surface area contributed by atoms with Crippen molar-refractivity contribution in [1.29, 1.82) is 0 Å². The third-order valence-corrected chi connectivity index (χ3v) is 3.60. The summed E-state index contributed by atoms with van der Waals surface area (Å²) in [5, 5.41) is 5.13. The van der Waals surface area contributed by atoms with E-state index in [9.17, 15) is 4.79 Å². The van der Waals surface area contributed by atoms with E-state index >= 15 is 0 Å². The molecule has 20 heavy (non-hydrogen) atoms. The molecule has 0 heterocycles. The van der Waals surface area contributed by atoms with Crippen LogP contribution in [0.15, 0.2) is 42.5 Å². The number of hydrogen-bond acceptors (Lipinski definition) is 2. The zero-order valence-electron chi connectivity index (χ0n) is 12.0. The van der Waals surface area contributed by atoms with Crippen LogP contribution < -0.4 is 11.1 Å². The number of benzene rings is 2. The van der Waals surface area contributed by atoms with Gasteiger partial charge in [-0.2, -0.15) is 0 Å². The summed E-state index contributed by atoms with van der Waals surface area (Å²) in [6.45, 7) is 2.57. The molecule has 0 aliphatic heterocycles. The van der Waals surface area contributed by atoms with Gasteiger partial charge in [-0.25, -0.2) is 4.79 Å². The minimum Gasteiger partial charge on any atom is -0.330 e. The lowest BCUT2D eigenvalue weighted by Crippen LogP contribution is -2.39.